The largest absolute Gasteiger partial charge is 0.314 e. The van der Waals surface area contributed by atoms with Crippen molar-refractivity contribution < 1.29 is 0 Å². The third-order valence-electron chi connectivity index (χ3n) is 3.76. The number of nitrogens with zero attached hydrogens (tertiary/aromatic N) is 1. The van der Waals surface area contributed by atoms with E-state index in [0.29, 0.717) is 6.04 Å². The van der Waals surface area contributed by atoms with E-state index in [1.54, 1.807) is 4.88 Å². The highest BCUT2D eigenvalue weighted by Crippen LogP contribution is 2.31. The predicted octanol–water partition coefficient (Wildman–Crippen LogP) is 4.43. The maximum Gasteiger partial charge on any atom is 0.0442 e. The van der Waals surface area contributed by atoms with Gasteiger partial charge in [-0.3, -0.25) is 4.90 Å². The number of thiophene rings is 1. The van der Waals surface area contributed by atoms with Crippen molar-refractivity contribution in [1.29, 1.82) is 0 Å². The Morgan fingerprint density at radius 2 is 1.90 bits per heavy atom. The van der Waals surface area contributed by atoms with E-state index in [4.69, 9.17) is 0 Å². The molecule has 118 valence electrons. The normalized spacial score (nSPS) is 17.1. The van der Waals surface area contributed by atoms with Crippen LogP contribution in [0, 0.1) is 6.92 Å². The lowest BCUT2D eigenvalue weighted by Crippen LogP contribution is -2.45. The minimum Gasteiger partial charge on any atom is -0.314 e. The van der Waals surface area contributed by atoms with Gasteiger partial charge in [-0.2, -0.15) is 0 Å². The van der Waals surface area contributed by atoms with Gasteiger partial charge in [-0.05, 0) is 25.5 Å². The van der Waals surface area contributed by atoms with Crippen LogP contribution in [0.2, 0.25) is 0 Å². The van der Waals surface area contributed by atoms with E-state index in [1.165, 1.54) is 43.6 Å². The Hall–Kier alpha value is 0.200. The van der Waals surface area contributed by atoms with Crippen molar-refractivity contribution in [3.63, 3.8) is 0 Å². The second-order valence-corrected chi connectivity index (χ2v) is 6.57. The van der Waals surface area contributed by atoms with E-state index in [2.05, 4.69) is 36.2 Å². The van der Waals surface area contributed by atoms with Gasteiger partial charge in [-0.25, -0.2) is 0 Å². The predicted molar refractivity (Wildman–Crippen MR) is 94.9 cm³/mol. The summed E-state index contributed by atoms with van der Waals surface area (Å²) in [6.07, 6.45) is 5.38. The fraction of sp³-hybridized carbons (Fsp3) is 0.733. The first-order chi connectivity index (χ1) is 8.81. The average molecular weight is 339 g/mol. The molecular formula is C15H28Cl2N2S. The molecule has 1 aliphatic rings. The molecule has 0 saturated carbocycles. The van der Waals surface area contributed by atoms with Crippen molar-refractivity contribution in [2.24, 2.45) is 0 Å². The molecule has 2 nitrogen and oxygen atoms in total. The molecule has 1 aliphatic heterocycles. The van der Waals surface area contributed by atoms with Crippen LogP contribution in [-0.2, 0) is 0 Å². The lowest BCUT2D eigenvalue weighted by Gasteiger charge is -2.34. The first kappa shape index (κ1) is 20.2. The molecule has 1 atom stereocenters. The standard InChI is InChI=1S/C15H26N2S.2ClH/c1-3-4-5-6-14(15-8-7-13(2)18-15)17-11-9-16-10-12-17;;/h7-8,14,16H,3-6,9-12H2,1-2H3;2*1H/t14-;;/m0../s1. The van der Waals surface area contributed by atoms with Gasteiger partial charge in [0.2, 0.25) is 0 Å². The molecule has 0 bridgehead atoms. The molecule has 2 heterocycles. The molecule has 1 aromatic rings. The third kappa shape index (κ3) is 5.90. The molecule has 2 rings (SSSR count). The van der Waals surface area contributed by atoms with Crippen molar-refractivity contribution >= 4 is 36.2 Å². The van der Waals surface area contributed by atoms with Gasteiger partial charge in [0.1, 0.15) is 0 Å². The van der Waals surface area contributed by atoms with Gasteiger partial charge in [0, 0.05) is 42.0 Å². The fourth-order valence-electron chi connectivity index (χ4n) is 2.72. The summed E-state index contributed by atoms with van der Waals surface area (Å²) in [5.74, 6) is 0. The van der Waals surface area contributed by atoms with E-state index in [9.17, 15) is 0 Å². The molecule has 1 N–H and O–H groups in total. The Morgan fingerprint density at radius 1 is 1.20 bits per heavy atom. The SMILES string of the molecule is CCCCC[C@@H](c1ccc(C)s1)N1CCNCC1.Cl.Cl. The summed E-state index contributed by atoms with van der Waals surface area (Å²) in [6, 6.07) is 5.28. The Balaban J connectivity index is 0.00000180. The summed E-state index contributed by atoms with van der Waals surface area (Å²) in [4.78, 5) is 5.70. The van der Waals surface area contributed by atoms with E-state index < -0.39 is 0 Å². The number of aryl methyl sites for hydroxylation is 1. The molecule has 0 amide bonds. The third-order valence-corrected chi connectivity index (χ3v) is 4.86. The second-order valence-electron chi connectivity index (χ2n) is 5.25. The van der Waals surface area contributed by atoms with E-state index >= 15 is 0 Å². The van der Waals surface area contributed by atoms with Gasteiger partial charge in [0.15, 0.2) is 0 Å². The lowest BCUT2D eigenvalue weighted by molar-refractivity contribution is 0.165. The summed E-state index contributed by atoms with van der Waals surface area (Å²) >= 11 is 1.99. The van der Waals surface area contributed by atoms with E-state index in [0.717, 1.165) is 13.1 Å². The number of rotatable bonds is 6. The van der Waals surface area contributed by atoms with Crippen molar-refractivity contribution in [2.45, 2.75) is 45.6 Å². The Morgan fingerprint density at radius 3 is 2.45 bits per heavy atom. The number of hydrogen-bond donors (Lipinski definition) is 1. The van der Waals surface area contributed by atoms with Gasteiger partial charge in [-0.1, -0.05) is 26.2 Å². The molecule has 0 radical (unpaired) electrons. The van der Waals surface area contributed by atoms with Crippen molar-refractivity contribution in [2.75, 3.05) is 26.2 Å². The summed E-state index contributed by atoms with van der Waals surface area (Å²) in [6.45, 7) is 9.20. The van der Waals surface area contributed by atoms with Crippen LogP contribution in [0.25, 0.3) is 0 Å². The fourth-order valence-corrected chi connectivity index (χ4v) is 3.77. The molecule has 5 heteroatoms. The van der Waals surface area contributed by atoms with Crippen LogP contribution in [0.5, 0.6) is 0 Å². The Bertz CT molecular complexity index is 351. The zero-order chi connectivity index (χ0) is 12.8. The molecule has 0 spiro atoms. The van der Waals surface area contributed by atoms with Gasteiger partial charge >= 0.3 is 0 Å². The van der Waals surface area contributed by atoms with Crippen LogP contribution in [0.1, 0.15) is 48.4 Å². The molecule has 0 aliphatic carbocycles. The second kappa shape index (κ2) is 10.9. The number of hydrogen-bond acceptors (Lipinski definition) is 3. The van der Waals surface area contributed by atoms with Gasteiger partial charge in [0.05, 0.1) is 0 Å². The zero-order valence-corrected chi connectivity index (χ0v) is 15.0. The first-order valence-electron chi connectivity index (χ1n) is 7.32. The topological polar surface area (TPSA) is 15.3 Å². The van der Waals surface area contributed by atoms with Crippen LogP contribution in [-0.4, -0.2) is 31.1 Å². The molecular weight excluding hydrogens is 311 g/mol. The van der Waals surface area contributed by atoms with Crippen LogP contribution >= 0.6 is 36.2 Å². The number of nitrogens with one attached hydrogen (secondary N) is 1. The van der Waals surface area contributed by atoms with E-state index in [-0.39, 0.29) is 24.8 Å². The van der Waals surface area contributed by atoms with Gasteiger partial charge in [-0.15, -0.1) is 36.2 Å². The maximum absolute atomic E-state index is 3.46. The average Bonchev–Trinajstić information content (AvgIpc) is 2.82. The minimum absolute atomic E-state index is 0. The van der Waals surface area contributed by atoms with Crippen molar-refractivity contribution in [3.8, 4) is 0 Å². The molecule has 0 unspecified atom stereocenters. The summed E-state index contributed by atoms with van der Waals surface area (Å²) in [5.41, 5.74) is 0. The Labute approximate surface area is 140 Å². The highest BCUT2D eigenvalue weighted by Gasteiger charge is 2.22. The zero-order valence-electron chi connectivity index (χ0n) is 12.6. The molecule has 1 aromatic heterocycles. The maximum atomic E-state index is 3.46. The quantitative estimate of drug-likeness (QED) is 0.772. The molecule has 20 heavy (non-hydrogen) atoms. The van der Waals surface area contributed by atoms with Crippen LogP contribution in [0.4, 0.5) is 0 Å². The molecule has 0 aromatic carbocycles. The summed E-state index contributed by atoms with van der Waals surface area (Å²) < 4.78 is 0. The number of unbranched alkanes of at least 4 members (excludes halogenated alkanes) is 2. The highest BCUT2D eigenvalue weighted by molar-refractivity contribution is 7.12. The van der Waals surface area contributed by atoms with Gasteiger partial charge in [0.25, 0.3) is 0 Å². The first-order valence-corrected chi connectivity index (χ1v) is 8.14. The van der Waals surface area contributed by atoms with Crippen molar-refractivity contribution in [1.82, 2.24) is 10.2 Å². The Kier molecular flexibility index (Phi) is 11.0. The summed E-state index contributed by atoms with van der Waals surface area (Å²) in [5, 5.41) is 3.46. The number of halogens is 2. The lowest BCUT2D eigenvalue weighted by atomic mass is 10.0. The molecule has 1 fully saturated rings. The monoisotopic (exact) mass is 338 g/mol. The highest BCUT2D eigenvalue weighted by atomic mass is 35.5. The minimum atomic E-state index is 0. The van der Waals surface area contributed by atoms with E-state index in [1.807, 2.05) is 11.3 Å². The van der Waals surface area contributed by atoms with Crippen molar-refractivity contribution in [3.05, 3.63) is 21.9 Å². The molecule has 1 saturated heterocycles. The smallest absolute Gasteiger partial charge is 0.0442 e. The van der Waals surface area contributed by atoms with Gasteiger partial charge < -0.3 is 5.32 Å². The van der Waals surface area contributed by atoms with Crippen LogP contribution in [0.15, 0.2) is 12.1 Å². The number of piperazine rings is 1. The van der Waals surface area contributed by atoms with Crippen LogP contribution < -0.4 is 5.32 Å². The summed E-state index contributed by atoms with van der Waals surface area (Å²) in [7, 11) is 0. The van der Waals surface area contributed by atoms with Crippen LogP contribution in [0.3, 0.4) is 0 Å².